The highest BCUT2D eigenvalue weighted by Crippen LogP contribution is 2.42. The molecule has 0 bridgehead atoms. The van der Waals surface area contributed by atoms with Gasteiger partial charge in [0.05, 0.1) is 23.9 Å². The molecule has 1 saturated carbocycles. The zero-order valence-electron chi connectivity index (χ0n) is 15.8. The number of pyridine rings is 1. The summed E-state index contributed by atoms with van der Waals surface area (Å²) in [4.78, 5) is 17.6. The molecule has 4 heteroatoms. The molecule has 2 aromatic rings. The first-order chi connectivity index (χ1) is 12.7. The number of amides is 1. The lowest BCUT2D eigenvalue weighted by molar-refractivity contribution is -0.121. The molecule has 138 valence electrons. The molecular weight excluding hydrogens is 324 g/mol. The van der Waals surface area contributed by atoms with E-state index in [-0.39, 0.29) is 5.91 Å². The molecule has 1 heterocycles. The smallest absolute Gasteiger partial charge is 0.235 e. The van der Waals surface area contributed by atoms with Crippen molar-refractivity contribution in [2.75, 3.05) is 11.9 Å². The van der Waals surface area contributed by atoms with E-state index in [0.717, 1.165) is 55.3 Å². The molecule has 1 N–H and O–H groups in total. The van der Waals surface area contributed by atoms with Crippen LogP contribution in [0.4, 0.5) is 5.69 Å². The maximum atomic E-state index is 13.2. The quantitative estimate of drug-likeness (QED) is 0.712. The van der Waals surface area contributed by atoms with Crippen LogP contribution in [0.2, 0.25) is 0 Å². The van der Waals surface area contributed by atoms with Gasteiger partial charge in [0, 0.05) is 5.56 Å². The first kappa shape index (κ1) is 18.4. The number of ether oxygens (including phenoxy) is 1. The van der Waals surface area contributed by atoms with Crippen molar-refractivity contribution in [2.24, 2.45) is 0 Å². The molecule has 1 amide bonds. The number of rotatable bonds is 7. The zero-order chi connectivity index (χ0) is 18.4. The summed E-state index contributed by atoms with van der Waals surface area (Å²) in [5.41, 5.74) is 2.36. The topological polar surface area (TPSA) is 51.2 Å². The van der Waals surface area contributed by atoms with E-state index in [9.17, 15) is 4.79 Å². The van der Waals surface area contributed by atoms with Crippen LogP contribution >= 0.6 is 0 Å². The highest BCUT2D eigenvalue weighted by molar-refractivity contribution is 5.99. The predicted molar refractivity (Wildman–Crippen MR) is 105 cm³/mol. The second kappa shape index (κ2) is 8.35. The van der Waals surface area contributed by atoms with Crippen molar-refractivity contribution >= 4 is 11.6 Å². The van der Waals surface area contributed by atoms with Crippen LogP contribution in [0, 0.1) is 6.92 Å². The number of hydrogen-bond acceptors (Lipinski definition) is 3. The lowest BCUT2D eigenvalue weighted by Crippen LogP contribution is -2.38. The molecule has 0 atom stereocenters. The molecule has 1 aromatic carbocycles. The first-order valence-corrected chi connectivity index (χ1v) is 9.62. The molecule has 0 radical (unpaired) electrons. The van der Waals surface area contributed by atoms with Crippen molar-refractivity contribution in [2.45, 2.75) is 57.8 Å². The summed E-state index contributed by atoms with van der Waals surface area (Å²) >= 11 is 0. The Balaban J connectivity index is 1.75. The van der Waals surface area contributed by atoms with Crippen LogP contribution in [-0.2, 0) is 10.2 Å². The van der Waals surface area contributed by atoms with Gasteiger partial charge in [0.1, 0.15) is 0 Å². The van der Waals surface area contributed by atoms with Gasteiger partial charge in [0.15, 0.2) is 0 Å². The van der Waals surface area contributed by atoms with E-state index in [1.807, 2.05) is 31.2 Å². The maximum Gasteiger partial charge on any atom is 0.235 e. The van der Waals surface area contributed by atoms with Crippen LogP contribution in [0.3, 0.4) is 0 Å². The van der Waals surface area contributed by atoms with E-state index >= 15 is 0 Å². The minimum absolute atomic E-state index is 0.0713. The van der Waals surface area contributed by atoms with E-state index in [1.165, 1.54) is 0 Å². The SMILES string of the molecule is CCCCOc1ncc(NC(=O)C2(c3ccccc3)CCCC2)cc1C. The number of carbonyl (C=O) groups is 1. The Hall–Kier alpha value is -2.36. The molecule has 0 saturated heterocycles. The molecule has 0 spiro atoms. The summed E-state index contributed by atoms with van der Waals surface area (Å²) in [5, 5.41) is 3.10. The van der Waals surface area contributed by atoms with Crippen molar-refractivity contribution in [1.29, 1.82) is 0 Å². The Labute approximate surface area is 156 Å². The van der Waals surface area contributed by atoms with Gasteiger partial charge < -0.3 is 10.1 Å². The molecule has 1 aliphatic carbocycles. The van der Waals surface area contributed by atoms with Crippen molar-refractivity contribution in [3.63, 3.8) is 0 Å². The van der Waals surface area contributed by atoms with E-state index in [4.69, 9.17) is 4.74 Å². The summed E-state index contributed by atoms with van der Waals surface area (Å²) in [5.74, 6) is 0.720. The minimum atomic E-state index is -0.425. The van der Waals surface area contributed by atoms with Crippen molar-refractivity contribution in [1.82, 2.24) is 4.98 Å². The van der Waals surface area contributed by atoms with E-state index < -0.39 is 5.41 Å². The average molecular weight is 352 g/mol. The maximum absolute atomic E-state index is 13.2. The van der Waals surface area contributed by atoms with Crippen molar-refractivity contribution in [3.8, 4) is 5.88 Å². The van der Waals surface area contributed by atoms with Crippen LogP contribution < -0.4 is 10.1 Å². The van der Waals surface area contributed by atoms with E-state index in [0.29, 0.717) is 12.5 Å². The Bertz CT molecular complexity index is 737. The summed E-state index contributed by atoms with van der Waals surface area (Å²) in [6.45, 7) is 4.77. The highest BCUT2D eigenvalue weighted by Gasteiger charge is 2.42. The number of carbonyl (C=O) groups excluding carboxylic acids is 1. The monoisotopic (exact) mass is 352 g/mol. The Morgan fingerprint density at radius 2 is 1.96 bits per heavy atom. The third-order valence-electron chi connectivity index (χ3n) is 5.24. The lowest BCUT2D eigenvalue weighted by Gasteiger charge is -2.28. The molecule has 1 fully saturated rings. The molecular formula is C22H28N2O2. The van der Waals surface area contributed by atoms with Crippen LogP contribution in [0.15, 0.2) is 42.6 Å². The number of nitrogens with one attached hydrogen (secondary N) is 1. The summed E-state index contributed by atoms with van der Waals surface area (Å²) < 4.78 is 5.70. The summed E-state index contributed by atoms with van der Waals surface area (Å²) in [7, 11) is 0. The number of unbranched alkanes of at least 4 members (excludes halogenated alkanes) is 1. The molecule has 1 aromatic heterocycles. The summed E-state index contributed by atoms with van der Waals surface area (Å²) in [6, 6.07) is 12.1. The first-order valence-electron chi connectivity index (χ1n) is 9.62. The summed E-state index contributed by atoms with van der Waals surface area (Å²) in [6.07, 6.45) is 7.77. The van der Waals surface area contributed by atoms with Gasteiger partial charge in [-0.15, -0.1) is 0 Å². The van der Waals surface area contributed by atoms with Crippen molar-refractivity contribution < 1.29 is 9.53 Å². The van der Waals surface area contributed by atoms with Crippen LogP contribution in [0.1, 0.15) is 56.6 Å². The Kier molecular flexibility index (Phi) is 5.92. The van der Waals surface area contributed by atoms with E-state index in [2.05, 4.69) is 29.4 Å². The minimum Gasteiger partial charge on any atom is -0.477 e. The number of benzene rings is 1. The lowest BCUT2D eigenvalue weighted by atomic mass is 9.78. The van der Waals surface area contributed by atoms with Gasteiger partial charge in [0.2, 0.25) is 11.8 Å². The molecule has 1 aliphatic rings. The van der Waals surface area contributed by atoms with Crippen LogP contribution in [0.25, 0.3) is 0 Å². The van der Waals surface area contributed by atoms with Crippen molar-refractivity contribution in [3.05, 3.63) is 53.7 Å². The molecule has 26 heavy (non-hydrogen) atoms. The fraction of sp³-hybridized carbons (Fsp3) is 0.455. The number of anilines is 1. The van der Waals surface area contributed by atoms with Gasteiger partial charge in [0.25, 0.3) is 0 Å². The standard InChI is InChI=1S/C22H28N2O2/c1-3-4-14-26-20-17(2)15-19(16-23-20)24-21(25)22(12-8-9-13-22)18-10-6-5-7-11-18/h5-7,10-11,15-16H,3-4,8-9,12-14H2,1-2H3,(H,24,25). The molecule has 3 rings (SSSR count). The zero-order valence-corrected chi connectivity index (χ0v) is 15.8. The van der Waals surface area contributed by atoms with Gasteiger partial charge >= 0.3 is 0 Å². The largest absolute Gasteiger partial charge is 0.477 e. The number of aromatic nitrogens is 1. The Morgan fingerprint density at radius 3 is 2.62 bits per heavy atom. The van der Waals surface area contributed by atoms with Gasteiger partial charge in [-0.1, -0.05) is 56.5 Å². The highest BCUT2D eigenvalue weighted by atomic mass is 16.5. The van der Waals surface area contributed by atoms with Gasteiger partial charge in [-0.05, 0) is 37.8 Å². The molecule has 0 aliphatic heterocycles. The van der Waals surface area contributed by atoms with Crippen LogP contribution in [-0.4, -0.2) is 17.5 Å². The second-order valence-corrected chi connectivity index (χ2v) is 7.16. The molecule has 4 nitrogen and oxygen atoms in total. The third kappa shape index (κ3) is 3.90. The second-order valence-electron chi connectivity index (χ2n) is 7.16. The molecule has 0 unspecified atom stereocenters. The predicted octanol–water partition coefficient (Wildman–Crippen LogP) is 5.02. The van der Waals surface area contributed by atoms with Gasteiger partial charge in [-0.25, -0.2) is 4.98 Å². The number of hydrogen-bond donors (Lipinski definition) is 1. The fourth-order valence-electron chi connectivity index (χ4n) is 3.73. The average Bonchev–Trinajstić information content (AvgIpc) is 3.16. The number of nitrogens with zero attached hydrogens (tertiary/aromatic N) is 1. The van der Waals surface area contributed by atoms with Gasteiger partial charge in [-0.3, -0.25) is 4.79 Å². The number of aryl methyl sites for hydroxylation is 1. The van der Waals surface area contributed by atoms with E-state index in [1.54, 1.807) is 6.20 Å². The van der Waals surface area contributed by atoms with Gasteiger partial charge in [-0.2, -0.15) is 0 Å². The normalized spacial score (nSPS) is 15.6. The Morgan fingerprint density at radius 1 is 1.23 bits per heavy atom. The third-order valence-corrected chi connectivity index (χ3v) is 5.24. The fourth-order valence-corrected chi connectivity index (χ4v) is 3.73. The van der Waals surface area contributed by atoms with Crippen LogP contribution in [0.5, 0.6) is 5.88 Å².